The fourth-order valence-corrected chi connectivity index (χ4v) is 3.05. The first-order valence-electron chi connectivity index (χ1n) is 6.03. The summed E-state index contributed by atoms with van der Waals surface area (Å²) in [6, 6.07) is 0. The summed E-state index contributed by atoms with van der Waals surface area (Å²) >= 11 is 7.42. The maximum atomic E-state index is 9.86. The number of aromatic nitrogens is 1. The van der Waals surface area contributed by atoms with E-state index >= 15 is 0 Å². The molecular formula is C12H19ClN2OS. The third kappa shape index (κ3) is 3.91. The molecule has 2 rings (SSSR count). The van der Waals surface area contributed by atoms with E-state index < -0.39 is 5.60 Å². The van der Waals surface area contributed by atoms with Gasteiger partial charge in [0, 0.05) is 31.4 Å². The average molecular weight is 275 g/mol. The van der Waals surface area contributed by atoms with Crippen molar-refractivity contribution < 1.29 is 5.11 Å². The van der Waals surface area contributed by atoms with Gasteiger partial charge in [0.05, 0.1) is 22.2 Å². The van der Waals surface area contributed by atoms with Crippen LogP contribution < -0.4 is 0 Å². The lowest BCUT2D eigenvalue weighted by Gasteiger charge is -2.35. The number of thiazole rings is 1. The number of hydrogen-bond acceptors (Lipinski definition) is 4. The minimum atomic E-state index is -0.455. The Labute approximate surface area is 111 Å². The third-order valence-corrected chi connectivity index (χ3v) is 4.54. The van der Waals surface area contributed by atoms with E-state index in [1.54, 1.807) is 11.3 Å². The molecule has 0 saturated carbocycles. The van der Waals surface area contributed by atoms with E-state index in [4.69, 9.17) is 11.6 Å². The third-order valence-electron chi connectivity index (χ3n) is 3.31. The Hall–Kier alpha value is -0.160. The molecule has 1 saturated heterocycles. The summed E-state index contributed by atoms with van der Waals surface area (Å²) < 4.78 is 0. The van der Waals surface area contributed by atoms with Crippen LogP contribution >= 0.6 is 22.9 Å². The molecule has 0 unspecified atom stereocenters. The number of halogens is 1. The molecule has 96 valence electrons. The summed E-state index contributed by atoms with van der Waals surface area (Å²) in [6.45, 7) is 4.94. The van der Waals surface area contributed by atoms with Crippen molar-refractivity contribution in [2.75, 3.05) is 19.6 Å². The highest BCUT2D eigenvalue weighted by Crippen LogP contribution is 2.21. The summed E-state index contributed by atoms with van der Waals surface area (Å²) in [5, 5.41) is 13.1. The largest absolute Gasteiger partial charge is 0.390 e. The number of aliphatic hydroxyl groups is 1. The molecule has 0 aliphatic carbocycles. The SMILES string of the molecule is CC1(O)CCN(CCc2nc(CCl)cs2)CC1. The molecule has 5 heteroatoms. The molecule has 0 bridgehead atoms. The van der Waals surface area contributed by atoms with Crippen LogP contribution in [0.4, 0.5) is 0 Å². The molecule has 1 aromatic rings. The van der Waals surface area contributed by atoms with Crippen LogP contribution in [-0.4, -0.2) is 40.2 Å². The molecule has 1 N–H and O–H groups in total. The standard InChI is InChI=1S/C12H19ClN2OS/c1-12(16)3-6-15(7-4-12)5-2-11-14-10(8-13)9-17-11/h9,16H,2-8H2,1H3. The first kappa shape index (κ1) is 13.3. The van der Waals surface area contributed by atoms with Gasteiger partial charge in [-0.05, 0) is 19.8 Å². The van der Waals surface area contributed by atoms with Crippen LogP contribution in [0.2, 0.25) is 0 Å². The van der Waals surface area contributed by atoms with Gasteiger partial charge in [0.25, 0.3) is 0 Å². The molecule has 1 aliphatic rings. The van der Waals surface area contributed by atoms with E-state index in [1.807, 2.05) is 12.3 Å². The first-order valence-corrected chi connectivity index (χ1v) is 7.44. The first-order chi connectivity index (χ1) is 8.09. The van der Waals surface area contributed by atoms with Crippen LogP contribution in [0.15, 0.2) is 5.38 Å². The van der Waals surface area contributed by atoms with Crippen molar-refractivity contribution in [1.29, 1.82) is 0 Å². The molecule has 3 nitrogen and oxygen atoms in total. The minimum absolute atomic E-state index is 0.455. The fraction of sp³-hybridized carbons (Fsp3) is 0.750. The number of likely N-dealkylation sites (tertiary alicyclic amines) is 1. The maximum Gasteiger partial charge on any atom is 0.0941 e. The molecule has 0 spiro atoms. The van der Waals surface area contributed by atoms with Gasteiger partial charge in [-0.15, -0.1) is 22.9 Å². The second-order valence-electron chi connectivity index (χ2n) is 4.95. The van der Waals surface area contributed by atoms with Crippen LogP contribution in [0.25, 0.3) is 0 Å². The van der Waals surface area contributed by atoms with Crippen LogP contribution in [-0.2, 0) is 12.3 Å². The number of rotatable bonds is 4. The van der Waals surface area contributed by atoms with Gasteiger partial charge in [-0.2, -0.15) is 0 Å². The molecule has 0 radical (unpaired) electrons. The van der Waals surface area contributed by atoms with Gasteiger partial charge in [0.15, 0.2) is 0 Å². The van der Waals surface area contributed by atoms with Gasteiger partial charge in [0.1, 0.15) is 0 Å². The Morgan fingerprint density at radius 3 is 2.82 bits per heavy atom. The maximum absolute atomic E-state index is 9.86. The van der Waals surface area contributed by atoms with Gasteiger partial charge in [-0.25, -0.2) is 4.98 Å². The number of hydrogen-bond donors (Lipinski definition) is 1. The van der Waals surface area contributed by atoms with Gasteiger partial charge in [0.2, 0.25) is 0 Å². The minimum Gasteiger partial charge on any atom is -0.390 e. The second kappa shape index (κ2) is 5.65. The Balaban J connectivity index is 1.75. The highest BCUT2D eigenvalue weighted by molar-refractivity contribution is 7.09. The van der Waals surface area contributed by atoms with Crippen LogP contribution in [0, 0.1) is 0 Å². The highest BCUT2D eigenvalue weighted by Gasteiger charge is 2.26. The van der Waals surface area contributed by atoms with Crippen molar-refractivity contribution in [2.45, 2.75) is 37.7 Å². The Bertz CT molecular complexity index is 357. The monoisotopic (exact) mass is 274 g/mol. The number of piperidine rings is 1. The zero-order chi connectivity index (χ0) is 12.3. The van der Waals surface area contributed by atoms with Crippen LogP contribution in [0.1, 0.15) is 30.5 Å². The van der Waals surface area contributed by atoms with E-state index in [9.17, 15) is 5.11 Å². The fourth-order valence-electron chi connectivity index (χ4n) is 2.04. The average Bonchev–Trinajstić information content (AvgIpc) is 2.75. The molecule has 1 fully saturated rings. The van der Waals surface area contributed by atoms with Crippen molar-refractivity contribution in [1.82, 2.24) is 9.88 Å². The van der Waals surface area contributed by atoms with Gasteiger partial charge in [-0.1, -0.05) is 0 Å². The number of nitrogens with zero attached hydrogens (tertiary/aromatic N) is 2. The predicted octanol–water partition coefficient (Wildman–Crippen LogP) is 2.27. The molecular weight excluding hydrogens is 256 g/mol. The van der Waals surface area contributed by atoms with Crippen molar-refractivity contribution in [3.05, 3.63) is 16.1 Å². The summed E-state index contributed by atoms with van der Waals surface area (Å²) in [5.74, 6) is 0.503. The zero-order valence-electron chi connectivity index (χ0n) is 10.2. The molecule has 1 aromatic heterocycles. The zero-order valence-corrected chi connectivity index (χ0v) is 11.7. The quantitative estimate of drug-likeness (QED) is 0.856. The van der Waals surface area contributed by atoms with E-state index in [1.165, 1.54) is 0 Å². The Morgan fingerprint density at radius 1 is 1.53 bits per heavy atom. The summed E-state index contributed by atoms with van der Waals surface area (Å²) in [5.41, 5.74) is 0.525. The molecule has 0 atom stereocenters. The van der Waals surface area contributed by atoms with Crippen LogP contribution in [0.3, 0.4) is 0 Å². The Morgan fingerprint density at radius 2 is 2.24 bits per heavy atom. The highest BCUT2D eigenvalue weighted by atomic mass is 35.5. The summed E-state index contributed by atoms with van der Waals surface area (Å²) in [4.78, 5) is 6.85. The Kier molecular flexibility index (Phi) is 4.42. The van der Waals surface area contributed by atoms with Gasteiger partial charge in [-0.3, -0.25) is 0 Å². The second-order valence-corrected chi connectivity index (χ2v) is 6.16. The van der Waals surface area contributed by atoms with Crippen molar-refractivity contribution in [2.24, 2.45) is 0 Å². The molecule has 0 aromatic carbocycles. The van der Waals surface area contributed by atoms with Crippen LogP contribution in [0.5, 0.6) is 0 Å². The van der Waals surface area contributed by atoms with E-state index in [-0.39, 0.29) is 0 Å². The normalized spacial score (nSPS) is 20.6. The molecule has 0 amide bonds. The molecule has 1 aliphatic heterocycles. The van der Waals surface area contributed by atoms with Gasteiger partial charge < -0.3 is 10.0 Å². The molecule has 2 heterocycles. The predicted molar refractivity (Wildman–Crippen MR) is 71.7 cm³/mol. The van der Waals surface area contributed by atoms with Crippen molar-refractivity contribution >= 4 is 22.9 Å². The lowest BCUT2D eigenvalue weighted by Crippen LogP contribution is -2.43. The van der Waals surface area contributed by atoms with E-state index in [2.05, 4.69) is 9.88 Å². The van der Waals surface area contributed by atoms with Crippen molar-refractivity contribution in [3.8, 4) is 0 Å². The lowest BCUT2D eigenvalue weighted by atomic mass is 9.94. The molecule has 17 heavy (non-hydrogen) atoms. The van der Waals surface area contributed by atoms with E-state index in [0.717, 1.165) is 49.6 Å². The summed E-state index contributed by atoms with van der Waals surface area (Å²) in [6.07, 6.45) is 2.74. The number of alkyl halides is 1. The van der Waals surface area contributed by atoms with Crippen molar-refractivity contribution in [3.63, 3.8) is 0 Å². The van der Waals surface area contributed by atoms with E-state index in [0.29, 0.717) is 5.88 Å². The topological polar surface area (TPSA) is 36.4 Å². The van der Waals surface area contributed by atoms with Gasteiger partial charge >= 0.3 is 0 Å². The summed E-state index contributed by atoms with van der Waals surface area (Å²) in [7, 11) is 0. The lowest BCUT2D eigenvalue weighted by molar-refractivity contribution is -0.00491. The smallest absolute Gasteiger partial charge is 0.0941 e.